The zero-order valence-corrected chi connectivity index (χ0v) is 16.6. The van der Waals surface area contributed by atoms with E-state index in [1.807, 2.05) is 32.0 Å². The van der Waals surface area contributed by atoms with Crippen LogP contribution in [0.2, 0.25) is 0 Å². The number of nitrogens with zero attached hydrogens (tertiary/aromatic N) is 2. The van der Waals surface area contributed by atoms with Gasteiger partial charge in [-0.2, -0.15) is 0 Å². The van der Waals surface area contributed by atoms with E-state index in [4.69, 9.17) is 4.74 Å². The van der Waals surface area contributed by atoms with Crippen LogP contribution < -0.4 is 10.1 Å². The summed E-state index contributed by atoms with van der Waals surface area (Å²) >= 11 is 0. The molecule has 1 fully saturated rings. The van der Waals surface area contributed by atoms with Gasteiger partial charge in [0.15, 0.2) is 0 Å². The van der Waals surface area contributed by atoms with Gasteiger partial charge in [0, 0.05) is 37.3 Å². The molecule has 29 heavy (non-hydrogen) atoms. The van der Waals surface area contributed by atoms with Crippen molar-refractivity contribution in [2.24, 2.45) is 0 Å². The van der Waals surface area contributed by atoms with Crippen molar-refractivity contribution in [3.63, 3.8) is 0 Å². The molecule has 0 aromatic heterocycles. The number of carbonyl (C=O) groups is 3. The molecular formula is C22H25N3O4. The summed E-state index contributed by atoms with van der Waals surface area (Å²) < 4.78 is 5.73. The first-order chi connectivity index (χ1) is 14.0. The van der Waals surface area contributed by atoms with E-state index in [9.17, 15) is 14.4 Å². The fraction of sp³-hybridized carbons (Fsp3) is 0.318. The van der Waals surface area contributed by atoms with Crippen LogP contribution in [0.5, 0.6) is 5.75 Å². The van der Waals surface area contributed by atoms with Crippen molar-refractivity contribution < 1.29 is 19.1 Å². The highest BCUT2D eigenvalue weighted by Crippen LogP contribution is 2.25. The smallest absolute Gasteiger partial charge is 0.255 e. The molecule has 1 saturated heterocycles. The van der Waals surface area contributed by atoms with Crippen molar-refractivity contribution in [2.75, 3.05) is 31.5 Å². The quantitative estimate of drug-likeness (QED) is 0.763. The van der Waals surface area contributed by atoms with Gasteiger partial charge in [0.2, 0.25) is 6.41 Å². The Morgan fingerprint density at radius 3 is 2.21 bits per heavy atom. The van der Waals surface area contributed by atoms with E-state index >= 15 is 0 Å². The van der Waals surface area contributed by atoms with Gasteiger partial charge < -0.3 is 19.9 Å². The van der Waals surface area contributed by atoms with Gasteiger partial charge in [0.1, 0.15) is 5.75 Å². The van der Waals surface area contributed by atoms with Crippen LogP contribution in [-0.4, -0.2) is 60.3 Å². The summed E-state index contributed by atoms with van der Waals surface area (Å²) in [4.78, 5) is 39.4. The molecule has 0 saturated carbocycles. The molecule has 1 heterocycles. The Kier molecular flexibility index (Phi) is 6.49. The fourth-order valence-electron chi connectivity index (χ4n) is 3.10. The predicted octanol–water partition coefficient (Wildman–Crippen LogP) is 2.64. The number of carbonyl (C=O) groups excluding carboxylic acids is 3. The van der Waals surface area contributed by atoms with Gasteiger partial charge >= 0.3 is 0 Å². The van der Waals surface area contributed by atoms with Gasteiger partial charge in [0.25, 0.3) is 11.8 Å². The van der Waals surface area contributed by atoms with E-state index in [2.05, 4.69) is 5.32 Å². The SMILES string of the molecule is CC(C)Oc1ccccc1NC(=O)c1ccc(C(=O)N2CCN(C=O)CC2)cc1. The topological polar surface area (TPSA) is 79.0 Å². The molecule has 0 aliphatic carbocycles. The first kappa shape index (κ1) is 20.4. The average molecular weight is 395 g/mol. The van der Waals surface area contributed by atoms with Crippen molar-refractivity contribution in [2.45, 2.75) is 20.0 Å². The summed E-state index contributed by atoms with van der Waals surface area (Å²) in [7, 11) is 0. The van der Waals surface area contributed by atoms with E-state index in [-0.39, 0.29) is 17.9 Å². The molecule has 7 nitrogen and oxygen atoms in total. The molecule has 7 heteroatoms. The minimum Gasteiger partial charge on any atom is -0.489 e. The third kappa shape index (κ3) is 5.13. The second-order valence-electron chi connectivity index (χ2n) is 7.13. The Hall–Kier alpha value is -3.35. The normalized spacial score (nSPS) is 13.9. The number of rotatable bonds is 6. The molecule has 3 amide bonds. The lowest BCUT2D eigenvalue weighted by atomic mass is 10.1. The second kappa shape index (κ2) is 9.23. The second-order valence-corrected chi connectivity index (χ2v) is 7.13. The van der Waals surface area contributed by atoms with E-state index in [0.29, 0.717) is 48.7 Å². The first-order valence-corrected chi connectivity index (χ1v) is 9.63. The lowest BCUT2D eigenvalue weighted by Gasteiger charge is -2.32. The van der Waals surface area contributed by atoms with Gasteiger partial charge in [-0.15, -0.1) is 0 Å². The number of anilines is 1. The van der Waals surface area contributed by atoms with Crippen LogP contribution >= 0.6 is 0 Å². The number of nitrogens with one attached hydrogen (secondary N) is 1. The molecule has 2 aromatic rings. The summed E-state index contributed by atoms with van der Waals surface area (Å²) in [5.74, 6) is 0.235. The minimum atomic E-state index is -0.275. The first-order valence-electron chi connectivity index (χ1n) is 9.63. The van der Waals surface area contributed by atoms with E-state index in [1.165, 1.54) is 0 Å². The molecule has 1 aliphatic heterocycles. The van der Waals surface area contributed by atoms with Gasteiger partial charge in [-0.05, 0) is 50.2 Å². The molecule has 2 aromatic carbocycles. The maximum Gasteiger partial charge on any atom is 0.255 e. The molecule has 1 N–H and O–H groups in total. The van der Waals surface area contributed by atoms with Gasteiger partial charge in [0.05, 0.1) is 11.8 Å². The zero-order chi connectivity index (χ0) is 20.8. The van der Waals surface area contributed by atoms with Crippen LogP contribution in [0.25, 0.3) is 0 Å². The van der Waals surface area contributed by atoms with Crippen molar-refractivity contribution in [3.05, 3.63) is 59.7 Å². The third-order valence-corrected chi connectivity index (χ3v) is 4.64. The summed E-state index contributed by atoms with van der Waals surface area (Å²) in [5.41, 5.74) is 1.57. The van der Waals surface area contributed by atoms with Gasteiger partial charge in [-0.1, -0.05) is 12.1 Å². The lowest BCUT2D eigenvalue weighted by Crippen LogP contribution is -2.48. The third-order valence-electron chi connectivity index (χ3n) is 4.64. The van der Waals surface area contributed by atoms with Crippen LogP contribution in [0, 0.1) is 0 Å². The lowest BCUT2D eigenvalue weighted by molar-refractivity contribution is -0.119. The summed E-state index contributed by atoms with van der Waals surface area (Å²) in [6.45, 7) is 5.93. The Morgan fingerprint density at radius 2 is 1.59 bits per heavy atom. The molecule has 0 spiro atoms. The molecule has 0 bridgehead atoms. The number of benzene rings is 2. The van der Waals surface area contributed by atoms with Crippen LogP contribution in [0.3, 0.4) is 0 Å². The molecule has 0 unspecified atom stereocenters. The molecule has 3 rings (SSSR count). The molecule has 0 atom stereocenters. The summed E-state index contributed by atoms with van der Waals surface area (Å²) in [6, 6.07) is 13.8. The van der Waals surface area contributed by atoms with Gasteiger partial charge in [-0.25, -0.2) is 0 Å². The Bertz CT molecular complexity index is 872. The monoisotopic (exact) mass is 395 g/mol. The van der Waals surface area contributed by atoms with Crippen molar-refractivity contribution in [1.29, 1.82) is 0 Å². The van der Waals surface area contributed by atoms with Crippen LogP contribution in [0.15, 0.2) is 48.5 Å². The highest BCUT2D eigenvalue weighted by molar-refractivity contribution is 6.05. The molecule has 0 radical (unpaired) electrons. The maximum absolute atomic E-state index is 12.6. The van der Waals surface area contributed by atoms with Crippen molar-refractivity contribution in [3.8, 4) is 5.75 Å². The zero-order valence-electron chi connectivity index (χ0n) is 16.6. The van der Waals surface area contributed by atoms with Crippen molar-refractivity contribution in [1.82, 2.24) is 9.80 Å². The maximum atomic E-state index is 12.6. The number of piperazine rings is 1. The number of para-hydroxylation sites is 2. The van der Waals surface area contributed by atoms with Crippen LogP contribution in [0.1, 0.15) is 34.6 Å². The number of ether oxygens (including phenoxy) is 1. The Balaban J connectivity index is 1.65. The summed E-state index contributed by atoms with van der Waals surface area (Å²) in [5, 5.41) is 2.86. The Morgan fingerprint density at radius 1 is 0.966 bits per heavy atom. The standard InChI is InChI=1S/C22H25N3O4/c1-16(2)29-20-6-4-3-5-19(20)23-21(27)17-7-9-18(10-8-17)22(28)25-13-11-24(15-26)12-14-25/h3-10,15-16H,11-14H2,1-2H3,(H,23,27). The number of hydrogen-bond donors (Lipinski definition) is 1. The van der Waals surface area contributed by atoms with Crippen molar-refractivity contribution >= 4 is 23.9 Å². The van der Waals surface area contributed by atoms with Crippen LogP contribution in [-0.2, 0) is 4.79 Å². The molecule has 1 aliphatic rings. The van der Waals surface area contributed by atoms with E-state index in [0.717, 1.165) is 6.41 Å². The average Bonchev–Trinajstić information content (AvgIpc) is 2.74. The van der Waals surface area contributed by atoms with E-state index < -0.39 is 0 Å². The number of hydrogen-bond acceptors (Lipinski definition) is 4. The minimum absolute atomic E-state index is 0.00764. The Labute approximate surface area is 170 Å². The fourth-order valence-corrected chi connectivity index (χ4v) is 3.10. The van der Waals surface area contributed by atoms with Crippen LogP contribution in [0.4, 0.5) is 5.69 Å². The predicted molar refractivity (Wildman–Crippen MR) is 110 cm³/mol. The summed E-state index contributed by atoms with van der Waals surface area (Å²) in [6.07, 6.45) is 0.797. The number of amides is 3. The highest BCUT2D eigenvalue weighted by Gasteiger charge is 2.21. The molecular weight excluding hydrogens is 370 g/mol. The highest BCUT2D eigenvalue weighted by atomic mass is 16.5. The largest absolute Gasteiger partial charge is 0.489 e. The molecule has 152 valence electrons. The van der Waals surface area contributed by atoms with Gasteiger partial charge in [-0.3, -0.25) is 14.4 Å². The van der Waals surface area contributed by atoms with E-state index in [1.54, 1.807) is 40.1 Å².